The topological polar surface area (TPSA) is 36.1 Å². The molecule has 0 unspecified atom stereocenters. The highest BCUT2D eigenvalue weighted by atomic mass is 16.2. The van der Waals surface area contributed by atoms with Gasteiger partial charge in [0.15, 0.2) is 0 Å². The minimum Gasteiger partial charge on any atom is -0.354 e. The van der Waals surface area contributed by atoms with Gasteiger partial charge in [-0.25, -0.2) is 0 Å². The van der Waals surface area contributed by atoms with Crippen LogP contribution in [-0.4, -0.2) is 15.8 Å². The first-order chi connectivity index (χ1) is 15.8. The molecule has 3 heteroatoms. The summed E-state index contributed by atoms with van der Waals surface area (Å²) in [6.45, 7) is 0.562. The highest BCUT2D eigenvalue weighted by Crippen LogP contribution is 2.45. The lowest BCUT2D eigenvalue weighted by atomic mass is 9.93. The van der Waals surface area contributed by atoms with Crippen LogP contribution in [0.25, 0.3) is 22.2 Å². The molecule has 0 saturated carbocycles. The fraction of sp³-hybridized carbons (Fsp3) is 0.0690. The Labute approximate surface area is 187 Å². The Hall–Kier alpha value is -4.11. The molecule has 1 N–H and O–H groups in total. The van der Waals surface area contributed by atoms with E-state index in [0.29, 0.717) is 6.54 Å². The van der Waals surface area contributed by atoms with Gasteiger partial charge in [0.25, 0.3) is 5.91 Å². The van der Waals surface area contributed by atoms with Crippen molar-refractivity contribution in [1.82, 2.24) is 9.88 Å². The van der Waals surface area contributed by atoms with E-state index in [9.17, 15) is 4.79 Å². The number of para-hydroxylation sites is 1. The second-order valence-corrected chi connectivity index (χ2v) is 8.23. The van der Waals surface area contributed by atoms with E-state index in [1.807, 2.05) is 53.4 Å². The summed E-state index contributed by atoms with van der Waals surface area (Å²) in [6, 6.07) is 36.9. The van der Waals surface area contributed by atoms with Gasteiger partial charge in [-0.1, -0.05) is 97.1 Å². The second-order valence-electron chi connectivity index (χ2n) is 8.23. The molecule has 6 rings (SSSR count). The summed E-state index contributed by atoms with van der Waals surface area (Å²) in [5.41, 5.74) is 7.40. The molecule has 0 bridgehead atoms. The lowest BCUT2D eigenvalue weighted by Gasteiger charge is -2.27. The molecule has 0 radical (unpaired) electrons. The number of aromatic amines is 1. The molecule has 1 amide bonds. The van der Waals surface area contributed by atoms with Gasteiger partial charge in [0.2, 0.25) is 0 Å². The summed E-state index contributed by atoms with van der Waals surface area (Å²) in [4.78, 5) is 19.3. The highest BCUT2D eigenvalue weighted by molar-refractivity contribution is 6.02. The molecule has 1 aliphatic heterocycles. The van der Waals surface area contributed by atoms with Gasteiger partial charge in [0, 0.05) is 28.6 Å². The molecule has 0 aliphatic carbocycles. The third-order valence-corrected chi connectivity index (χ3v) is 6.34. The maximum Gasteiger partial charge on any atom is 0.255 e. The van der Waals surface area contributed by atoms with Crippen molar-refractivity contribution in [1.29, 1.82) is 0 Å². The summed E-state index contributed by atoms with van der Waals surface area (Å²) in [6.07, 6.45) is 0. The minimum atomic E-state index is -0.162. The summed E-state index contributed by atoms with van der Waals surface area (Å²) in [5.74, 6) is 0.0822. The number of amides is 1. The maximum atomic E-state index is 13.6. The molecular weight excluding hydrogens is 392 g/mol. The number of carbonyl (C=O) groups excluding carboxylic acids is 1. The molecule has 1 aromatic heterocycles. The third kappa shape index (κ3) is 2.94. The van der Waals surface area contributed by atoms with E-state index in [-0.39, 0.29) is 11.9 Å². The van der Waals surface area contributed by atoms with Crippen LogP contribution < -0.4 is 0 Å². The van der Waals surface area contributed by atoms with Crippen molar-refractivity contribution >= 4 is 16.8 Å². The Balaban J connectivity index is 1.61. The van der Waals surface area contributed by atoms with E-state index >= 15 is 0 Å². The van der Waals surface area contributed by atoms with Gasteiger partial charge >= 0.3 is 0 Å². The molecule has 2 heterocycles. The number of benzene rings is 4. The monoisotopic (exact) mass is 414 g/mol. The lowest BCUT2D eigenvalue weighted by molar-refractivity contribution is 0.0737. The van der Waals surface area contributed by atoms with Gasteiger partial charge in [0.1, 0.15) is 0 Å². The standard InChI is InChI=1S/C29H22N2O/c32-29-23-16-8-7-15-22(23)28(31(29)19-20-11-3-1-4-12-20)26-24-17-9-10-18-25(24)30-27(26)21-13-5-2-6-14-21/h1-18,28,30H,19H2/t28-/m0/s1. The van der Waals surface area contributed by atoms with Crippen LogP contribution in [0, 0.1) is 0 Å². The number of nitrogens with one attached hydrogen (secondary N) is 1. The van der Waals surface area contributed by atoms with Gasteiger partial charge in [0.05, 0.1) is 11.7 Å². The lowest BCUT2D eigenvalue weighted by Crippen LogP contribution is -2.28. The van der Waals surface area contributed by atoms with Crippen LogP contribution in [0.1, 0.15) is 33.1 Å². The molecule has 1 aliphatic rings. The zero-order valence-corrected chi connectivity index (χ0v) is 17.5. The quantitative estimate of drug-likeness (QED) is 0.354. The molecule has 154 valence electrons. The Morgan fingerprint density at radius 2 is 1.38 bits per heavy atom. The van der Waals surface area contributed by atoms with Crippen LogP contribution in [0.2, 0.25) is 0 Å². The average molecular weight is 415 g/mol. The first-order valence-electron chi connectivity index (χ1n) is 10.9. The summed E-state index contributed by atoms with van der Waals surface area (Å²) >= 11 is 0. The number of nitrogens with zero attached hydrogens (tertiary/aromatic N) is 1. The Kier molecular flexibility index (Phi) is 4.39. The van der Waals surface area contributed by atoms with Crippen molar-refractivity contribution < 1.29 is 4.79 Å². The summed E-state index contributed by atoms with van der Waals surface area (Å²) in [5, 5.41) is 1.15. The molecule has 32 heavy (non-hydrogen) atoms. The summed E-state index contributed by atoms with van der Waals surface area (Å²) in [7, 11) is 0. The maximum absolute atomic E-state index is 13.6. The SMILES string of the molecule is O=C1c2ccccc2[C@@H](c2c(-c3ccccc3)[nH]c3ccccc23)N1Cc1ccccc1. The Morgan fingerprint density at radius 1 is 0.719 bits per heavy atom. The molecule has 0 spiro atoms. The molecule has 0 saturated heterocycles. The molecule has 5 aromatic rings. The fourth-order valence-electron chi connectivity index (χ4n) is 4.90. The third-order valence-electron chi connectivity index (χ3n) is 6.34. The Bertz CT molecular complexity index is 1420. The highest BCUT2D eigenvalue weighted by Gasteiger charge is 2.40. The van der Waals surface area contributed by atoms with E-state index in [4.69, 9.17) is 0 Å². The molecular formula is C29H22N2O. The van der Waals surface area contributed by atoms with E-state index in [1.54, 1.807) is 0 Å². The minimum absolute atomic E-state index is 0.0822. The predicted molar refractivity (Wildman–Crippen MR) is 128 cm³/mol. The van der Waals surface area contributed by atoms with E-state index in [2.05, 4.69) is 65.6 Å². The number of aromatic nitrogens is 1. The number of rotatable bonds is 4. The van der Waals surface area contributed by atoms with Crippen LogP contribution in [-0.2, 0) is 6.54 Å². The smallest absolute Gasteiger partial charge is 0.255 e. The fourth-order valence-corrected chi connectivity index (χ4v) is 4.90. The van der Waals surface area contributed by atoms with Crippen LogP contribution in [0.15, 0.2) is 109 Å². The van der Waals surface area contributed by atoms with Crippen LogP contribution in [0.5, 0.6) is 0 Å². The summed E-state index contributed by atoms with van der Waals surface area (Å²) < 4.78 is 0. The van der Waals surface area contributed by atoms with Gasteiger partial charge in [-0.3, -0.25) is 4.79 Å². The second kappa shape index (κ2) is 7.54. The first kappa shape index (κ1) is 18.6. The normalized spacial score (nSPS) is 15.3. The van der Waals surface area contributed by atoms with Crippen molar-refractivity contribution in [2.24, 2.45) is 0 Å². The van der Waals surface area contributed by atoms with Crippen LogP contribution >= 0.6 is 0 Å². The largest absolute Gasteiger partial charge is 0.354 e. The number of hydrogen-bond donors (Lipinski definition) is 1. The van der Waals surface area contributed by atoms with E-state index in [1.165, 1.54) is 0 Å². The average Bonchev–Trinajstić information content (AvgIpc) is 3.36. The predicted octanol–water partition coefficient (Wildman–Crippen LogP) is 6.58. The zero-order chi connectivity index (χ0) is 21.5. The van der Waals surface area contributed by atoms with Gasteiger partial charge < -0.3 is 9.88 Å². The van der Waals surface area contributed by atoms with Crippen molar-refractivity contribution in [3.8, 4) is 11.3 Å². The number of carbonyl (C=O) groups is 1. The van der Waals surface area contributed by atoms with Gasteiger partial charge in [-0.05, 0) is 28.8 Å². The Morgan fingerprint density at radius 3 is 2.19 bits per heavy atom. The number of fused-ring (bicyclic) bond motifs is 2. The van der Waals surface area contributed by atoms with Gasteiger partial charge in [-0.15, -0.1) is 0 Å². The van der Waals surface area contributed by atoms with Crippen molar-refractivity contribution in [2.75, 3.05) is 0 Å². The van der Waals surface area contributed by atoms with Crippen molar-refractivity contribution in [3.05, 3.63) is 131 Å². The van der Waals surface area contributed by atoms with Crippen LogP contribution in [0.3, 0.4) is 0 Å². The first-order valence-corrected chi connectivity index (χ1v) is 10.9. The molecule has 3 nitrogen and oxygen atoms in total. The number of hydrogen-bond acceptors (Lipinski definition) is 1. The molecule has 4 aromatic carbocycles. The van der Waals surface area contributed by atoms with Crippen molar-refractivity contribution in [2.45, 2.75) is 12.6 Å². The van der Waals surface area contributed by atoms with E-state index in [0.717, 1.165) is 44.4 Å². The zero-order valence-electron chi connectivity index (χ0n) is 17.5. The van der Waals surface area contributed by atoms with E-state index < -0.39 is 0 Å². The molecule has 0 fully saturated rings. The number of H-pyrrole nitrogens is 1. The molecule has 1 atom stereocenters. The van der Waals surface area contributed by atoms with Crippen molar-refractivity contribution in [3.63, 3.8) is 0 Å². The van der Waals surface area contributed by atoms with Crippen LogP contribution in [0.4, 0.5) is 0 Å². The van der Waals surface area contributed by atoms with Gasteiger partial charge in [-0.2, -0.15) is 0 Å².